The molecule has 0 saturated carbocycles. The molecule has 1 rings (SSSR count). The van der Waals surface area contributed by atoms with E-state index in [-0.39, 0.29) is 11.8 Å². The Kier molecular flexibility index (Phi) is 5.96. The largest absolute Gasteiger partial charge is 0.472 e. The fourth-order valence-electron chi connectivity index (χ4n) is 2.23. The molecule has 6 heteroatoms. The Hall–Kier alpha value is -1.82. The van der Waals surface area contributed by atoms with Gasteiger partial charge in [0, 0.05) is 12.1 Å². The number of carbonyl (C=O) groups excluding carboxylic acids is 2. The molecule has 0 saturated heterocycles. The molecule has 0 bridgehead atoms. The van der Waals surface area contributed by atoms with Crippen molar-refractivity contribution in [3.63, 3.8) is 0 Å². The maximum absolute atomic E-state index is 12.2. The van der Waals surface area contributed by atoms with Gasteiger partial charge < -0.3 is 20.8 Å². The summed E-state index contributed by atoms with van der Waals surface area (Å²) in [6, 6.07) is 0.897. The maximum Gasteiger partial charge on any atom is 0.255 e. The number of nitrogens with one attached hydrogen (secondary N) is 2. The van der Waals surface area contributed by atoms with Crippen LogP contribution in [-0.2, 0) is 4.79 Å². The van der Waals surface area contributed by atoms with Gasteiger partial charge in [-0.3, -0.25) is 9.59 Å². The maximum atomic E-state index is 12.2. The van der Waals surface area contributed by atoms with Crippen LogP contribution in [-0.4, -0.2) is 29.9 Å². The molecule has 1 heterocycles. The molecule has 0 spiro atoms. The van der Waals surface area contributed by atoms with Crippen molar-refractivity contribution in [2.24, 2.45) is 11.7 Å². The predicted octanol–water partition coefficient (Wildman–Crippen LogP) is 1.28. The highest BCUT2D eigenvalue weighted by atomic mass is 16.3. The second-order valence-electron chi connectivity index (χ2n) is 6.06. The second kappa shape index (κ2) is 7.26. The minimum Gasteiger partial charge on any atom is -0.472 e. The lowest BCUT2D eigenvalue weighted by atomic mass is 9.90. The minimum absolute atomic E-state index is 0.250. The van der Waals surface area contributed by atoms with Crippen LogP contribution in [0.4, 0.5) is 0 Å². The molecule has 4 N–H and O–H groups in total. The van der Waals surface area contributed by atoms with Gasteiger partial charge >= 0.3 is 0 Å². The lowest BCUT2D eigenvalue weighted by Crippen LogP contribution is -2.57. The molecule has 0 aliphatic rings. The Morgan fingerprint density at radius 2 is 2.05 bits per heavy atom. The van der Waals surface area contributed by atoms with Crippen molar-refractivity contribution in [2.75, 3.05) is 6.54 Å². The Morgan fingerprint density at radius 3 is 2.52 bits per heavy atom. The fourth-order valence-corrected chi connectivity index (χ4v) is 2.23. The Bertz CT molecular complexity index is 471. The number of carbonyl (C=O) groups is 2. The smallest absolute Gasteiger partial charge is 0.255 e. The highest BCUT2D eigenvalue weighted by Gasteiger charge is 2.28. The van der Waals surface area contributed by atoms with Crippen molar-refractivity contribution in [1.29, 1.82) is 0 Å². The van der Waals surface area contributed by atoms with Crippen molar-refractivity contribution in [1.82, 2.24) is 10.6 Å². The molecule has 0 fully saturated rings. The Balaban J connectivity index is 2.59. The fraction of sp³-hybridized carbons (Fsp3) is 0.600. The molecule has 21 heavy (non-hydrogen) atoms. The molecule has 2 amide bonds. The predicted molar refractivity (Wildman–Crippen MR) is 80.7 cm³/mol. The molecule has 0 aromatic carbocycles. The van der Waals surface area contributed by atoms with Crippen LogP contribution in [0.3, 0.4) is 0 Å². The monoisotopic (exact) mass is 295 g/mol. The molecular formula is C15H25N3O3. The normalized spacial score (nSPS) is 15.3. The molecule has 2 atom stereocenters. The third-order valence-electron chi connectivity index (χ3n) is 3.26. The van der Waals surface area contributed by atoms with Crippen molar-refractivity contribution < 1.29 is 14.0 Å². The van der Waals surface area contributed by atoms with E-state index in [9.17, 15) is 9.59 Å². The molecule has 2 unspecified atom stereocenters. The van der Waals surface area contributed by atoms with Crippen LogP contribution in [0.25, 0.3) is 0 Å². The summed E-state index contributed by atoms with van der Waals surface area (Å²) in [4.78, 5) is 24.1. The van der Waals surface area contributed by atoms with Crippen LogP contribution >= 0.6 is 0 Å². The average molecular weight is 295 g/mol. The minimum atomic E-state index is -0.648. The molecule has 0 radical (unpaired) electrons. The Labute approximate surface area is 125 Å². The molecular weight excluding hydrogens is 270 g/mol. The first-order chi connectivity index (χ1) is 9.77. The zero-order valence-electron chi connectivity index (χ0n) is 13.1. The van der Waals surface area contributed by atoms with Gasteiger partial charge in [-0.15, -0.1) is 0 Å². The lowest BCUT2D eigenvalue weighted by Gasteiger charge is -2.32. The topological polar surface area (TPSA) is 97.4 Å². The van der Waals surface area contributed by atoms with Crippen LogP contribution in [0.15, 0.2) is 23.0 Å². The van der Waals surface area contributed by atoms with Gasteiger partial charge in [-0.05, 0) is 32.3 Å². The van der Waals surface area contributed by atoms with Crippen molar-refractivity contribution in [3.8, 4) is 0 Å². The summed E-state index contributed by atoms with van der Waals surface area (Å²) in [5, 5.41) is 5.55. The SMILES string of the molecule is CC(C)CC(C)(CN)NC(=O)C(C)NC(=O)c1ccoc1. The summed E-state index contributed by atoms with van der Waals surface area (Å²) in [5.41, 5.74) is 5.68. The summed E-state index contributed by atoms with van der Waals surface area (Å²) in [6.07, 6.45) is 3.52. The van der Waals surface area contributed by atoms with E-state index in [1.807, 2.05) is 6.92 Å². The van der Waals surface area contributed by atoms with Crippen LogP contribution in [0.5, 0.6) is 0 Å². The summed E-state index contributed by atoms with van der Waals surface area (Å²) in [6.45, 7) is 8.04. The van der Waals surface area contributed by atoms with Crippen LogP contribution in [0, 0.1) is 5.92 Å². The Morgan fingerprint density at radius 1 is 1.38 bits per heavy atom. The number of amides is 2. The second-order valence-corrected chi connectivity index (χ2v) is 6.06. The molecule has 6 nitrogen and oxygen atoms in total. The van der Waals surface area contributed by atoms with Gasteiger partial charge in [-0.2, -0.15) is 0 Å². The van der Waals surface area contributed by atoms with Crippen LogP contribution in [0.2, 0.25) is 0 Å². The summed E-state index contributed by atoms with van der Waals surface area (Å²) in [5.74, 6) is -0.181. The summed E-state index contributed by atoms with van der Waals surface area (Å²) >= 11 is 0. The van der Waals surface area contributed by atoms with E-state index in [2.05, 4.69) is 24.5 Å². The molecule has 0 aliphatic heterocycles. The lowest BCUT2D eigenvalue weighted by molar-refractivity contribution is -0.124. The van der Waals surface area contributed by atoms with Crippen molar-refractivity contribution >= 4 is 11.8 Å². The van der Waals surface area contributed by atoms with E-state index in [0.717, 1.165) is 6.42 Å². The van der Waals surface area contributed by atoms with Gasteiger partial charge in [0.25, 0.3) is 5.91 Å². The summed E-state index contributed by atoms with van der Waals surface area (Å²) < 4.78 is 4.84. The van der Waals surface area contributed by atoms with E-state index >= 15 is 0 Å². The zero-order chi connectivity index (χ0) is 16.0. The van der Waals surface area contributed by atoms with E-state index in [1.54, 1.807) is 13.0 Å². The van der Waals surface area contributed by atoms with E-state index in [1.165, 1.54) is 12.5 Å². The highest BCUT2D eigenvalue weighted by molar-refractivity contribution is 5.97. The number of hydrogen-bond donors (Lipinski definition) is 3. The average Bonchev–Trinajstić information content (AvgIpc) is 2.91. The van der Waals surface area contributed by atoms with Crippen LogP contribution in [0.1, 0.15) is 44.5 Å². The first-order valence-electron chi connectivity index (χ1n) is 7.12. The highest BCUT2D eigenvalue weighted by Crippen LogP contribution is 2.15. The van der Waals surface area contributed by atoms with E-state index in [0.29, 0.717) is 18.0 Å². The van der Waals surface area contributed by atoms with E-state index in [4.69, 9.17) is 10.2 Å². The standard InChI is InChI=1S/C15H25N3O3/c1-10(2)7-15(4,9-16)18-13(19)11(3)17-14(20)12-5-6-21-8-12/h5-6,8,10-11H,7,9,16H2,1-4H3,(H,17,20)(H,18,19). The van der Waals surface area contributed by atoms with Crippen LogP contribution < -0.4 is 16.4 Å². The molecule has 1 aromatic rings. The summed E-state index contributed by atoms with van der Waals surface area (Å²) in [7, 11) is 0. The molecule has 0 aliphatic carbocycles. The van der Waals surface area contributed by atoms with Crippen molar-refractivity contribution in [3.05, 3.63) is 24.2 Å². The number of rotatable bonds is 7. The first-order valence-corrected chi connectivity index (χ1v) is 7.12. The number of furan rings is 1. The third-order valence-corrected chi connectivity index (χ3v) is 3.26. The van der Waals surface area contributed by atoms with Gasteiger partial charge in [0.2, 0.25) is 5.91 Å². The number of hydrogen-bond acceptors (Lipinski definition) is 4. The van der Waals surface area contributed by atoms with Crippen molar-refractivity contribution in [2.45, 2.75) is 45.7 Å². The van der Waals surface area contributed by atoms with Gasteiger partial charge in [0.15, 0.2) is 0 Å². The third kappa shape index (κ3) is 5.23. The quantitative estimate of drug-likeness (QED) is 0.705. The number of nitrogens with two attached hydrogens (primary N) is 1. The first kappa shape index (κ1) is 17.2. The molecule has 1 aromatic heterocycles. The van der Waals surface area contributed by atoms with Gasteiger partial charge in [0.1, 0.15) is 12.3 Å². The van der Waals surface area contributed by atoms with Gasteiger partial charge in [0.05, 0.1) is 11.8 Å². The van der Waals surface area contributed by atoms with Gasteiger partial charge in [-0.1, -0.05) is 13.8 Å². The molecule has 118 valence electrons. The van der Waals surface area contributed by atoms with E-state index < -0.39 is 11.6 Å². The zero-order valence-corrected chi connectivity index (χ0v) is 13.1. The van der Waals surface area contributed by atoms with Gasteiger partial charge in [-0.25, -0.2) is 0 Å².